The van der Waals surface area contributed by atoms with Gasteiger partial charge in [0.05, 0.1) is 18.1 Å². The molecule has 0 aromatic heterocycles. The molecule has 1 aromatic carbocycles. The molecule has 106 valence electrons. The molecule has 1 unspecified atom stereocenters. The molecular weight excluding hydrogens is 268 g/mol. The summed E-state index contributed by atoms with van der Waals surface area (Å²) in [5.74, 6) is 1.69. The van der Waals surface area contributed by atoms with Crippen LogP contribution in [0.3, 0.4) is 0 Å². The van der Waals surface area contributed by atoms with Crippen LogP contribution in [0.15, 0.2) is 18.2 Å². The molecule has 7 heteroatoms. The molecule has 19 heavy (non-hydrogen) atoms. The number of benzene rings is 1. The van der Waals surface area contributed by atoms with Crippen LogP contribution >= 0.6 is 0 Å². The van der Waals surface area contributed by atoms with Crippen molar-refractivity contribution in [1.82, 2.24) is 5.32 Å². The topological polar surface area (TPSA) is 81.5 Å². The Balaban J connectivity index is 2.60. The number of methoxy groups -OCH3 is 1. The zero-order valence-electron chi connectivity index (χ0n) is 11.0. The van der Waals surface area contributed by atoms with Crippen molar-refractivity contribution in [3.63, 3.8) is 0 Å². The fraction of sp³-hybridized carbons (Fsp3) is 0.500. The summed E-state index contributed by atoms with van der Waals surface area (Å²) >= 11 is 0. The lowest BCUT2D eigenvalue weighted by atomic mass is 10.2. The van der Waals surface area contributed by atoms with Crippen molar-refractivity contribution in [3.05, 3.63) is 33.9 Å². The minimum atomic E-state index is -0.798. The maximum atomic E-state index is 11.2. The van der Waals surface area contributed by atoms with E-state index in [1.54, 1.807) is 6.07 Å². The molecule has 1 N–H and O–H groups in total. The Morgan fingerprint density at radius 2 is 2.16 bits per heavy atom. The lowest BCUT2D eigenvalue weighted by molar-refractivity contribution is -0.385. The minimum Gasteiger partial charge on any atom is -0.496 e. The summed E-state index contributed by atoms with van der Waals surface area (Å²) in [7, 11) is 0.675. The first-order valence-corrected chi connectivity index (χ1v) is 7.43. The van der Waals surface area contributed by atoms with Crippen LogP contribution in [-0.4, -0.2) is 34.3 Å². The minimum absolute atomic E-state index is 0.00767. The molecular formula is C12H18N2O4S. The lowest BCUT2D eigenvalue weighted by Crippen LogP contribution is -2.20. The van der Waals surface area contributed by atoms with Gasteiger partial charge in [-0.1, -0.05) is 6.92 Å². The lowest BCUT2D eigenvalue weighted by Gasteiger charge is -2.07. The summed E-state index contributed by atoms with van der Waals surface area (Å²) in [6.45, 7) is 2.98. The van der Waals surface area contributed by atoms with Crippen LogP contribution in [0, 0.1) is 10.1 Å². The molecule has 0 aliphatic rings. The molecule has 0 radical (unpaired) electrons. The third-order valence-corrected chi connectivity index (χ3v) is 3.86. The molecule has 1 aromatic rings. The van der Waals surface area contributed by atoms with E-state index in [2.05, 4.69) is 5.32 Å². The summed E-state index contributed by atoms with van der Waals surface area (Å²) in [6.07, 6.45) is 0. The Hall–Kier alpha value is -1.47. The molecule has 0 saturated heterocycles. The van der Waals surface area contributed by atoms with Gasteiger partial charge in [0, 0.05) is 41.5 Å². The molecule has 0 fully saturated rings. The van der Waals surface area contributed by atoms with Crippen LogP contribution < -0.4 is 10.1 Å². The van der Waals surface area contributed by atoms with Gasteiger partial charge in [0.25, 0.3) is 5.69 Å². The number of rotatable bonds is 8. The van der Waals surface area contributed by atoms with E-state index in [1.165, 1.54) is 19.2 Å². The fourth-order valence-corrected chi connectivity index (χ4v) is 2.19. The first-order chi connectivity index (χ1) is 9.06. The number of nitrogens with zero attached hydrogens (tertiary/aromatic N) is 1. The van der Waals surface area contributed by atoms with E-state index in [0.29, 0.717) is 30.3 Å². The van der Waals surface area contributed by atoms with Crippen LogP contribution in [0.25, 0.3) is 0 Å². The Morgan fingerprint density at radius 3 is 2.74 bits per heavy atom. The summed E-state index contributed by atoms with van der Waals surface area (Å²) < 4.78 is 16.3. The Kier molecular flexibility index (Phi) is 6.44. The highest BCUT2D eigenvalue weighted by Crippen LogP contribution is 2.22. The van der Waals surface area contributed by atoms with Crippen molar-refractivity contribution in [2.24, 2.45) is 0 Å². The quantitative estimate of drug-likeness (QED) is 0.444. The summed E-state index contributed by atoms with van der Waals surface area (Å²) in [4.78, 5) is 10.3. The first kappa shape index (κ1) is 15.6. The molecule has 0 saturated carbocycles. The number of ether oxygens (including phenoxy) is 1. The zero-order valence-corrected chi connectivity index (χ0v) is 11.9. The Labute approximate surface area is 114 Å². The third kappa shape index (κ3) is 5.35. The van der Waals surface area contributed by atoms with Gasteiger partial charge >= 0.3 is 0 Å². The van der Waals surface area contributed by atoms with Crippen molar-refractivity contribution in [2.75, 3.05) is 25.2 Å². The number of nitrogens with one attached hydrogen (secondary N) is 1. The van der Waals surface area contributed by atoms with Crippen molar-refractivity contribution < 1.29 is 13.9 Å². The monoisotopic (exact) mass is 286 g/mol. The highest BCUT2D eigenvalue weighted by atomic mass is 32.2. The fourth-order valence-electron chi connectivity index (χ4n) is 1.53. The van der Waals surface area contributed by atoms with Gasteiger partial charge in [0.1, 0.15) is 5.75 Å². The summed E-state index contributed by atoms with van der Waals surface area (Å²) in [5, 5.41) is 13.9. The van der Waals surface area contributed by atoms with E-state index >= 15 is 0 Å². The number of nitro groups is 1. The molecule has 0 aliphatic carbocycles. The number of non-ortho nitro benzene ring substituents is 1. The zero-order chi connectivity index (χ0) is 14.3. The van der Waals surface area contributed by atoms with Crippen LogP contribution in [0.1, 0.15) is 12.5 Å². The second-order valence-corrected chi connectivity index (χ2v) is 5.77. The van der Waals surface area contributed by atoms with Gasteiger partial charge < -0.3 is 10.1 Å². The largest absolute Gasteiger partial charge is 0.496 e. The standard InChI is InChI=1S/C12H18N2O4S/c1-3-19(17)5-4-13-9-10-6-11(14(15)16)8-12(7-10)18-2/h6-8,13H,3-5,9H2,1-2H3. The predicted molar refractivity (Wildman–Crippen MR) is 74.9 cm³/mol. The van der Waals surface area contributed by atoms with E-state index in [-0.39, 0.29) is 5.69 Å². The van der Waals surface area contributed by atoms with Gasteiger partial charge in [-0.05, 0) is 11.6 Å². The molecule has 0 amide bonds. The molecule has 0 aliphatic heterocycles. The number of hydrogen-bond acceptors (Lipinski definition) is 5. The summed E-state index contributed by atoms with van der Waals surface area (Å²) in [6, 6.07) is 4.64. The maximum absolute atomic E-state index is 11.2. The van der Waals surface area contributed by atoms with E-state index in [1.807, 2.05) is 6.92 Å². The van der Waals surface area contributed by atoms with Gasteiger partial charge in [0.2, 0.25) is 0 Å². The van der Waals surface area contributed by atoms with Crippen molar-refractivity contribution in [3.8, 4) is 5.75 Å². The smallest absolute Gasteiger partial charge is 0.273 e. The van der Waals surface area contributed by atoms with E-state index < -0.39 is 15.7 Å². The van der Waals surface area contributed by atoms with Crippen LogP contribution in [-0.2, 0) is 17.3 Å². The summed E-state index contributed by atoms with van der Waals surface area (Å²) in [5.41, 5.74) is 0.779. The average molecular weight is 286 g/mol. The van der Waals surface area contributed by atoms with Crippen LogP contribution in [0.2, 0.25) is 0 Å². The van der Waals surface area contributed by atoms with Gasteiger partial charge in [-0.2, -0.15) is 0 Å². The van der Waals surface area contributed by atoms with Gasteiger partial charge in [-0.3, -0.25) is 14.3 Å². The van der Waals surface area contributed by atoms with Crippen LogP contribution in [0.5, 0.6) is 5.75 Å². The first-order valence-electron chi connectivity index (χ1n) is 5.94. The highest BCUT2D eigenvalue weighted by molar-refractivity contribution is 7.84. The van der Waals surface area contributed by atoms with Gasteiger partial charge in [-0.25, -0.2) is 0 Å². The molecule has 0 spiro atoms. The van der Waals surface area contributed by atoms with Crippen LogP contribution in [0.4, 0.5) is 5.69 Å². The Morgan fingerprint density at radius 1 is 1.42 bits per heavy atom. The SMILES string of the molecule is CCS(=O)CCNCc1cc(OC)cc([N+](=O)[O-])c1. The van der Waals surface area contributed by atoms with E-state index in [9.17, 15) is 14.3 Å². The Bertz CT molecular complexity index is 465. The number of hydrogen-bond donors (Lipinski definition) is 1. The molecule has 6 nitrogen and oxygen atoms in total. The second kappa shape index (κ2) is 7.85. The predicted octanol–water partition coefficient (Wildman–Crippen LogP) is 1.46. The van der Waals surface area contributed by atoms with Gasteiger partial charge in [-0.15, -0.1) is 0 Å². The van der Waals surface area contributed by atoms with Gasteiger partial charge in [0.15, 0.2) is 0 Å². The molecule has 1 atom stereocenters. The molecule has 0 heterocycles. The second-order valence-electron chi connectivity index (χ2n) is 3.91. The number of nitro benzene ring substituents is 1. The van der Waals surface area contributed by atoms with Crippen molar-refractivity contribution in [2.45, 2.75) is 13.5 Å². The third-order valence-electron chi connectivity index (χ3n) is 2.56. The maximum Gasteiger partial charge on any atom is 0.273 e. The average Bonchev–Trinajstić information content (AvgIpc) is 2.42. The highest BCUT2D eigenvalue weighted by Gasteiger charge is 2.09. The van der Waals surface area contributed by atoms with Crippen molar-refractivity contribution in [1.29, 1.82) is 0 Å². The van der Waals surface area contributed by atoms with E-state index in [4.69, 9.17) is 4.74 Å². The van der Waals surface area contributed by atoms with E-state index in [0.717, 1.165) is 5.56 Å². The molecule has 1 rings (SSSR count). The normalized spacial score (nSPS) is 12.1. The molecule has 0 bridgehead atoms. The van der Waals surface area contributed by atoms with Crippen molar-refractivity contribution >= 4 is 16.5 Å².